The van der Waals surface area contributed by atoms with Gasteiger partial charge in [0.25, 0.3) is 0 Å². The number of benzene rings is 1. The van der Waals surface area contributed by atoms with Gasteiger partial charge in [0.1, 0.15) is 11.8 Å². The van der Waals surface area contributed by atoms with Gasteiger partial charge in [0.2, 0.25) is 5.91 Å². The van der Waals surface area contributed by atoms with Gasteiger partial charge in [-0.2, -0.15) is 0 Å². The molecule has 5 nitrogen and oxygen atoms in total. The van der Waals surface area contributed by atoms with Crippen molar-refractivity contribution < 1.29 is 19.4 Å². The van der Waals surface area contributed by atoms with E-state index < -0.39 is 12.0 Å². The number of carbonyl (C=O) groups excluding carboxylic acids is 1. The van der Waals surface area contributed by atoms with E-state index in [9.17, 15) is 9.59 Å². The van der Waals surface area contributed by atoms with Crippen molar-refractivity contribution in [3.63, 3.8) is 0 Å². The monoisotopic (exact) mass is 251 g/mol. The molecular formula is C13H17NO4. The predicted molar refractivity (Wildman–Crippen MR) is 66.7 cm³/mol. The summed E-state index contributed by atoms with van der Waals surface area (Å²) in [4.78, 5) is 22.2. The van der Waals surface area contributed by atoms with E-state index >= 15 is 0 Å². The Morgan fingerprint density at radius 2 is 2.11 bits per heavy atom. The van der Waals surface area contributed by atoms with Crippen LogP contribution in [0.4, 0.5) is 0 Å². The summed E-state index contributed by atoms with van der Waals surface area (Å²) < 4.78 is 5.12. The first kappa shape index (κ1) is 14.0. The Morgan fingerprint density at radius 1 is 1.44 bits per heavy atom. The number of rotatable bonds is 5. The normalized spacial score (nSPS) is 11.7. The molecule has 0 aromatic heterocycles. The van der Waals surface area contributed by atoms with Crippen molar-refractivity contribution in [2.24, 2.45) is 0 Å². The molecule has 0 bridgehead atoms. The minimum absolute atomic E-state index is 0.155. The molecule has 0 aliphatic rings. The summed E-state index contributed by atoms with van der Waals surface area (Å²) in [6, 6.07) is 4.55. The summed E-state index contributed by atoms with van der Waals surface area (Å²) in [5, 5.41) is 11.1. The maximum Gasteiger partial charge on any atom is 0.325 e. The molecule has 0 saturated heterocycles. The number of aryl methyl sites for hydroxylation is 1. The van der Waals surface area contributed by atoms with Crippen LogP contribution in [0, 0.1) is 6.92 Å². The van der Waals surface area contributed by atoms with Crippen LogP contribution in [0.25, 0.3) is 0 Å². The van der Waals surface area contributed by atoms with Crippen molar-refractivity contribution in [3.8, 4) is 5.75 Å². The third-order valence-electron chi connectivity index (χ3n) is 2.57. The molecule has 18 heavy (non-hydrogen) atoms. The van der Waals surface area contributed by atoms with Crippen LogP contribution in [-0.4, -0.2) is 30.1 Å². The van der Waals surface area contributed by atoms with Crippen LogP contribution < -0.4 is 10.1 Å². The number of nitrogens with one attached hydrogen (secondary N) is 1. The Labute approximate surface area is 106 Å². The van der Waals surface area contributed by atoms with Gasteiger partial charge in [0.15, 0.2) is 0 Å². The molecule has 0 aliphatic heterocycles. The lowest BCUT2D eigenvalue weighted by Gasteiger charge is -2.10. The number of carboxylic acids is 1. The lowest BCUT2D eigenvalue weighted by atomic mass is 10.1. The maximum absolute atomic E-state index is 11.6. The van der Waals surface area contributed by atoms with E-state index in [0.29, 0.717) is 0 Å². The number of aliphatic carboxylic acids is 1. The van der Waals surface area contributed by atoms with Crippen LogP contribution in [0.5, 0.6) is 5.75 Å². The van der Waals surface area contributed by atoms with Crippen molar-refractivity contribution >= 4 is 11.9 Å². The third kappa shape index (κ3) is 3.76. The predicted octanol–water partition coefficient (Wildman–Crippen LogP) is 1.14. The van der Waals surface area contributed by atoms with Crippen LogP contribution in [0.15, 0.2) is 18.2 Å². The van der Waals surface area contributed by atoms with E-state index in [1.54, 1.807) is 19.2 Å². The maximum atomic E-state index is 11.6. The fourth-order valence-electron chi connectivity index (χ4n) is 1.59. The minimum atomic E-state index is -1.05. The quantitative estimate of drug-likeness (QED) is 0.822. The van der Waals surface area contributed by atoms with E-state index in [4.69, 9.17) is 9.84 Å². The zero-order valence-corrected chi connectivity index (χ0v) is 10.7. The SMILES string of the molecule is COc1ccc(CC(=O)N[C@@H](C)C(=O)O)cc1C. The van der Waals surface area contributed by atoms with Crippen LogP contribution >= 0.6 is 0 Å². The first-order valence-corrected chi connectivity index (χ1v) is 5.59. The fraction of sp³-hybridized carbons (Fsp3) is 0.385. The number of methoxy groups -OCH3 is 1. The second kappa shape index (κ2) is 6.05. The molecule has 0 fully saturated rings. The molecule has 2 N–H and O–H groups in total. The Hall–Kier alpha value is -2.04. The molecule has 98 valence electrons. The summed E-state index contributed by atoms with van der Waals surface area (Å²) in [5.74, 6) is -0.596. The average Bonchev–Trinajstić information content (AvgIpc) is 2.28. The number of hydrogen-bond donors (Lipinski definition) is 2. The summed E-state index contributed by atoms with van der Waals surface area (Å²) >= 11 is 0. The van der Waals surface area contributed by atoms with Gasteiger partial charge in [-0.25, -0.2) is 0 Å². The molecule has 1 rings (SSSR count). The van der Waals surface area contributed by atoms with Gasteiger partial charge in [-0.3, -0.25) is 9.59 Å². The van der Waals surface area contributed by atoms with Crippen molar-refractivity contribution in [1.29, 1.82) is 0 Å². The van der Waals surface area contributed by atoms with E-state index in [1.165, 1.54) is 6.92 Å². The number of carboxylic acid groups (broad SMARTS) is 1. The molecule has 1 aromatic carbocycles. The number of carbonyl (C=O) groups is 2. The highest BCUT2D eigenvalue weighted by atomic mass is 16.5. The summed E-state index contributed by atoms with van der Waals surface area (Å²) in [6.45, 7) is 3.32. The molecule has 0 saturated carbocycles. The highest BCUT2D eigenvalue weighted by Gasteiger charge is 2.14. The number of hydrogen-bond acceptors (Lipinski definition) is 3. The zero-order valence-electron chi connectivity index (χ0n) is 10.7. The Morgan fingerprint density at radius 3 is 2.61 bits per heavy atom. The van der Waals surface area contributed by atoms with E-state index in [-0.39, 0.29) is 12.3 Å². The summed E-state index contributed by atoms with van der Waals surface area (Å²) in [7, 11) is 1.59. The van der Waals surface area contributed by atoms with E-state index in [0.717, 1.165) is 16.9 Å². The highest BCUT2D eigenvalue weighted by molar-refractivity contribution is 5.84. The van der Waals surface area contributed by atoms with Crippen LogP contribution in [0.1, 0.15) is 18.1 Å². The van der Waals surface area contributed by atoms with Crippen LogP contribution in [0.3, 0.4) is 0 Å². The summed E-state index contributed by atoms with van der Waals surface area (Å²) in [5.41, 5.74) is 1.76. The summed E-state index contributed by atoms with van der Waals surface area (Å²) in [6.07, 6.45) is 0.155. The molecule has 0 spiro atoms. The molecule has 0 unspecified atom stereocenters. The number of amides is 1. The molecule has 0 heterocycles. The third-order valence-corrected chi connectivity index (χ3v) is 2.57. The van der Waals surface area contributed by atoms with Crippen LogP contribution in [0.2, 0.25) is 0 Å². The van der Waals surface area contributed by atoms with Crippen molar-refractivity contribution in [2.45, 2.75) is 26.3 Å². The second-order valence-electron chi connectivity index (χ2n) is 4.11. The average molecular weight is 251 g/mol. The molecule has 1 aromatic rings. The molecule has 1 atom stereocenters. The molecule has 0 aliphatic carbocycles. The van der Waals surface area contributed by atoms with Gasteiger partial charge < -0.3 is 15.2 Å². The van der Waals surface area contributed by atoms with Gasteiger partial charge in [0.05, 0.1) is 13.5 Å². The molecule has 5 heteroatoms. The minimum Gasteiger partial charge on any atom is -0.496 e. The van der Waals surface area contributed by atoms with Gasteiger partial charge in [-0.15, -0.1) is 0 Å². The van der Waals surface area contributed by atoms with Gasteiger partial charge in [-0.1, -0.05) is 12.1 Å². The molecule has 0 radical (unpaired) electrons. The lowest BCUT2D eigenvalue weighted by Crippen LogP contribution is -2.39. The largest absolute Gasteiger partial charge is 0.496 e. The van der Waals surface area contributed by atoms with Crippen molar-refractivity contribution in [1.82, 2.24) is 5.32 Å². The highest BCUT2D eigenvalue weighted by Crippen LogP contribution is 2.18. The fourth-order valence-corrected chi connectivity index (χ4v) is 1.59. The number of ether oxygens (including phenoxy) is 1. The van der Waals surface area contributed by atoms with E-state index in [2.05, 4.69) is 5.32 Å². The molecule has 1 amide bonds. The Balaban J connectivity index is 2.65. The van der Waals surface area contributed by atoms with Gasteiger partial charge >= 0.3 is 5.97 Å². The topological polar surface area (TPSA) is 75.6 Å². The van der Waals surface area contributed by atoms with E-state index in [1.807, 2.05) is 13.0 Å². The smallest absolute Gasteiger partial charge is 0.325 e. The van der Waals surface area contributed by atoms with Crippen molar-refractivity contribution in [3.05, 3.63) is 29.3 Å². The first-order chi connectivity index (χ1) is 8.43. The van der Waals surface area contributed by atoms with Gasteiger partial charge in [0, 0.05) is 0 Å². The zero-order chi connectivity index (χ0) is 13.7. The van der Waals surface area contributed by atoms with Crippen molar-refractivity contribution in [2.75, 3.05) is 7.11 Å². The Kier molecular flexibility index (Phi) is 4.71. The van der Waals surface area contributed by atoms with Gasteiger partial charge in [-0.05, 0) is 31.0 Å². The standard InChI is InChI=1S/C13H17NO4/c1-8-6-10(4-5-11(8)18-3)7-12(15)14-9(2)13(16)17/h4-6,9H,7H2,1-3H3,(H,14,15)(H,16,17)/t9-/m0/s1. The lowest BCUT2D eigenvalue weighted by molar-refractivity contribution is -0.141. The van der Waals surface area contributed by atoms with Crippen LogP contribution in [-0.2, 0) is 16.0 Å². The first-order valence-electron chi connectivity index (χ1n) is 5.59. The second-order valence-corrected chi connectivity index (χ2v) is 4.11. The Bertz CT molecular complexity index is 456. The molecular weight excluding hydrogens is 234 g/mol.